The molecule has 3 aliphatic rings. The van der Waals surface area contributed by atoms with Gasteiger partial charge in [0.05, 0.1) is 36.9 Å². The highest BCUT2D eigenvalue weighted by molar-refractivity contribution is 8.14. The molecule has 0 amide bonds. The molecular formula is C23H29N7OS. The topological polar surface area (TPSA) is 72.8 Å². The molecule has 3 aromatic rings. The van der Waals surface area contributed by atoms with Gasteiger partial charge in [-0.25, -0.2) is 14.5 Å². The Bertz CT molecular complexity index is 1220. The number of fused-ring (bicyclic) bond motifs is 2. The van der Waals surface area contributed by atoms with E-state index in [2.05, 4.69) is 35.0 Å². The largest absolute Gasteiger partial charge is 0.476 e. The van der Waals surface area contributed by atoms with E-state index >= 15 is 0 Å². The van der Waals surface area contributed by atoms with Crippen LogP contribution in [0.5, 0.6) is 0 Å². The molecular weight excluding hydrogens is 422 g/mol. The molecule has 8 nitrogen and oxygen atoms in total. The summed E-state index contributed by atoms with van der Waals surface area (Å²) in [6.07, 6.45) is 8.63. The van der Waals surface area contributed by atoms with Gasteiger partial charge in [0, 0.05) is 36.6 Å². The van der Waals surface area contributed by atoms with Crippen LogP contribution in [0.1, 0.15) is 37.1 Å². The second kappa shape index (κ2) is 7.23. The van der Waals surface area contributed by atoms with Crippen LogP contribution < -0.4 is 4.90 Å². The highest BCUT2D eigenvalue weighted by Gasteiger charge is 2.50. The molecule has 6 rings (SSSR count). The van der Waals surface area contributed by atoms with Crippen molar-refractivity contribution < 1.29 is 4.74 Å². The monoisotopic (exact) mass is 451 g/mol. The first-order chi connectivity index (χ1) is 15.5. The number of anilines is 1. The number of hydrogen-bond acceptors (Lipinski definition) is 7. The molecule has 1 saturated heterocycles. The number of aromatic nitrogens is 5. The zero-order valence-corrected chi connectivity index (χ0v) is 19.9. The molecule has 5 heterocycles. The molecule has 2 atom stereocenters. The third-order valence-electron chi connectivity index (χ3n) is 7.72. The smallest absolute Gasteiger partial charge is 0.246 e. The maximum Gasteiger partial charge on any atom is 0.246 e. The van der Waals surface area contributed by atoms with Gasteiger partial charge in [-0.3, -0.25) is 4.68 Å². The van der Waals surface area contributed by atoms with Gasteiger partial charge in [0.25, 0.3) is 0 Å². The van der Waals surface area contributed by atoms with Crippen molar-refractivity contribution >= 4 is 28.3 Å². The van der Waals surface area contributed by atoms with E-state index in [-0.39, 0.29) is 0 Å². The van der Waals surface area contributed by atoms with E-state index in [1.807, 2.05) is 40.4 Å². The third kappa shape index (κ3) is 2.97. The summed E-state index contributed by atoms with van der Waals surface area (Å²) < 4.78 is 9.32. The first-order valence-electron chi connectivity index (χ1n) is 11.3. The standard InChI is InChI=1S/C23H29N7OS/c1-14-20(16-13-25-28(3)15(16)2)30-18(5-8-24-30)21(26-14)29-9-6-23(7-10-29)11-17-19(12-23)32-22(27-17)31-4/h5,8,13,17,19H,6-7,9-12H2,1-4H3. The van der Waals surface area contributed by atoms with Crippen molar-refractivity contribution in [3.8, 4) is 11.3 Å². The minimum atomic E-state index is 0.417. The number of methoxy groups -OCH3 is 1. The van der Waals surface area contributed by atoms with E-state index in [0.29, 0.717) is 16.7 Å². The predicted molar refractivity (Wildman–Crippen MR) is 127 cm³/mol. The van der Waals surface area contributed by atoms with Crippen LogP contribution in [0.4, 0.5) is 5.82 Å². The first-order valence-corrected chi connectivity index (χ1v) is 12.2. The molecule has 2 unspecified atom stereocenters. The Balaban J connectivity index is 1.28. The number of nitrogens with zero attached hydrogens (tertiary/aromatic N) is 7. The maximum absolute atomic E-state index is 5.38. The van der Waals surface area contributed by atoms with Gasteiger partial charge in [-0.15, -0.1) is 0 Å². The zero-order valence-electron chi connectivity index (χ0n) is 19.1. The molecule has 1 aliphatic carbocycles. The quantitative estimate of drug-likeness (QED) is 0.593. The van der Waals surface area contributed by atoms with Crippen molar-refractivity contribution in [2.45, 2.75) is 50.8 Å². The van der Waals surface area contributed by atoms with Crippen molar-refractivity contribution in [3.05, 3.63) is 29.8 Å². The third-order valence-corrected chi connectivity index (χ3v) is 8.97. The highest BCUT2D eigenvalue weighted by Crippen LogP contribution is 2.53. The van der Waals surface area contributed by atoms with Crippen molar-refractivity contribution in [3.63, 3.8) is 0 Å². The SMILES string of the molecule is COC1=NC2CC3(CCN(c4nc(C)c(-c5cnn(C)c5C)n5nccc45)CC3)CC2S1. The fourth-order valence-corrected chi connectivity index (χ4v) is 7.12. The van der Waals surface area contributed by atoms with Crippen LogP contribution in [0.25, 0.3) is 16.8 Å². The van der Waals surface area contributed by atoms with Crippen LogP contribution in [0.2, 0.25) is 0 Å². The van der Waals surface area contributed by atoms with Gasteiger partial charge in [0.15, 0.2) is 5.82 Å². The lowest BCUT2D eigenvalue weighted by Crippen LogP contribution is -2.40. The minimum absolute atomic E-state index is 0.417. The second-order valence-electron chi connectivity index (χ2n) is 9.48. The van der Waals surface area contributed by atoms with Crippen LogP contribution in [-0.4, -0.2) is 61.1 Å². The average molecular weight is 452 g/mol. The normalized spacial score (nSPS) is 24.4. The number of thioether (sulfide) groups is 1. The lowest BCUT2D eigenvalue weighted by Gasteiger charge is -2.40. The fourth-order valence-electron chi connectivity index (χ4n) is 5.81. The van der Waals surface area contributed by atoms with Crippen molar-refractivity contribution in [2.75, 3.05) is 25.1 Å². The molecule has 1 saturated carbocycles. The van der Waals surface area contributed by atoms with Gasteiger partial charge in [0.1, 0.15) is 5.52 Å². The molecule has 3 aromatic heterocycles. The lowest BCUT2D eigenvalue weighted by atomic mass is 9.77. The van der Waals surface area contributed by atoms with Gasteiger partial charge in [-0.1, -0.05) is 11.8 Å². The summed E-state index contributed by atoms with van der Waals surface area (Å²) in [6, 6.07) is 2.52. The number of ether oxygens (including phenoxy) is 1. The second-order valence-corrected chi connectivity index (χ2v) is 10.7. The van der Waals surface area contributed by atoms with Crippen molar-refractivity contribution in [2.24, 2.45) is 17.5 Å². The Labute approximate surface area is 192 Å². The van der Waals surface area contributed by atoms with Crippen LogP contribution in [0, 0.1) is 19.3 Å². The molecule has 168 valence electrons. The molecule has 0 radical (unpaired) electrons. The minimum Gasteiger partial charge on any atom is -0.476 e. The van der Waals surface area contributed by atoms with Gasteiger partial charge in [-0.05, 0) is 51.0 Å². The van der Waals surface area contributed by atoms with Gasteiger partial charge in [0.2, 0.25) is 5.23 Å². The first kappa shape index (κ1) is 20.1. The summed E-state index contributed by atoms with van der Waals surface area (Å²) >= 11 is 1.84. The van der Waals surface area contributed by atoms with E-state index in [9.17, 15) is 0 Å². The molecule has 32 heavy (non-hydrogen) atoms. The summed E-state index contributed by atoms with van der Waals surface area (Å²) in [6.45, 7) is 6.23. The summed E-state index contributed by atoms with van der Waals surface area (Å²) in [5, 5.41) is 10.6. The van der Waals surface area contributed by atoms with Crippen LogP contribution in [0.3, 0.4) is 0 Å². The lowest BCUT2D eigenvalue weighted by molar-refractivity contribution is 0.223. The maximum atomic E-state index is 5.38. The fraction of sp³-hybridized carbons (Fsp3) is 0.565. The van der Waals surface area contributed by atoms with E-state index in [4.69, 9.17) is 14.7 Å². The predicted octanol–water partition coefficient (Wildman–Crippen LogP) is 3.61. The Hall–Kier alpha value is -2.55. The molecule has 1 spiro atoms. The Kier molecular flexibility index (Phi) is 4.54. The van der Waals surface area contributed by atoms with Crippen LogP contribution in [-0.2, 0) is 11.8 Å². The molecule has 0 bridgehead atoms. The molecule has 2 fully saturated rings. The van der Waals surface area contributed by atoms with Gasteiger partial charge >= 0.3 is 0 Å². The number of hydrogen-bond donors (Lipinski definition) is 0. The summed E-state index contributed by atoms with van der Waals surface area (Å²) in [4.78, 5) is 12.4. The van der Waals surface area contributed by atoms with E-state index < -0.39 is 0 Å². The van der Waals surface area contributed by atoms with E-state index in [0.717, 1.165) is 52.3 Å². The summed E-state index contributed by atoms with van der Waals surface area (Å²) in [5.74, 6) is 1.05. The number of aryl methyl sites for hydroxylation is 2. The Morgan fingerprint density at radius 3 is 2.66 bits per heavy atom. The van der Waals surface area contributed by atoms with Crippen LogP contribution in [0.15, 0.2) is 23.5 Å². The summed E-state index contributed by atoms with van der Waals surface area (Å²) in [7, 11) is 3.70. The van der Waals surface area contributed by atoms with Crippen molar-refractivity contribution in [1.82, 2.24) is 24.4 Å². The van der Waals surface area contributed by atoms with Gasteiger partial charge in [-0.2, -0.15) is 10.2 Å². The highest BCUT2D eigenvalue weighted by atomic mass is 32.2. The number of rotatable bonds is 2. The van der Waals surface area contributed by atoms with Gasteiger partial charge < -0.3 is 9.64 Å². The molecule has 2 aliphatic heterocycles. The zero-order chi connectivity index (χ0) is 22.0. The average Bonchev–Trinajstić information content (AvgIpc) is 3.54. The Morgan fingerprint density at radius 2 is 1.97 bits per heavy atom. The van der Waals surface area contributed by atoms with E-state index in [1.165, 1.54) is 25.7 Å². The molecule has 9 heteroatoms. The Morgan fingerprint density at radius 1 is 1.16 bits per heavy atom. The summed E-state index contributed by atoms with van der Waals surface area (Å²) in [5.41, 5.74) is 5.70. The van der Waals surface area contributed by atoms with Crippen molar-refractivity contribution in [1.29, 1.82) is 0 Å². The van der Waals surface area contributed by atoms with Crippen LogP contribution >= 0.6 is 11.8 Å². The number of piperidine rings is 1. The number of aliphatic imine (C=N–C) groups is 1. The molecule has 0 aromatic carbocycles. The molecule has 0 N–H and O–H groups in total. The van der Waals surface area contributed by atoms with E-state index in [1.54, 1.807) is 7.11 Å².